The van der Waals surface area contributed by atoms with Crippen molar-refractivity contribution in [3.63, 3.8) is 0 Å². The van der Waals surface area contributed by atoms with Gasteiger partial charge < -0.3 is 9.64 Å². The van der Waals surface area contributed by atoms with Gasteiger partial charge in [0.25, 0.3) is 0 Å². The van der Waals surface area contributed by atoms with Crippen LogP contribution in [0.4, 0.5) is 5.82 Å². The van der Waals surface area contributed by atoms with Gasteiger partial charge in [-0.25, -0.2) is 9.97 Å². The molecule has 0 aliphatic carbocycles. The summed E-state index contributed by atoms with van der Waals surface area (Å²) in [6.07, 6.45) is 0. The number of hydrogen-bond donors (Lipinski definition) is 0. The highest BCUT2D eigenvalue weighted by Crippen LogP contribution is 2.29. The van der Waals surface area contributed by atoms with E-state index < -0.39 is 0 Å². The van der Waals surface area contributed by atoms with Crippen molar-refractivity contribution in [3.05, 3.63) is 10.3 Å². The van der Waals surface area contributed by atoms with Gasteiger partial charge in [0.15, 0.2) is 10.6 Å². The Bertz CT molecular complexity index is 552. The Labute approximate surface area is 107 Å². The normalized spacial score (nSPS) is 16.7. The Hall–Kier alpha value is -0.980. The molecule has 0 saturated carbocycles. The SMILES string of the molecule is Cc1nc2c(N3CCOCC3)nc(Cl)nc2s1. The van der Waals surface area contributed by atoms with Crippen molar-refractivity contribution in [2.75, 3.05) is 31.2 Å². The fraction of sp³-hybridized carbons (Fsp3) is 0.500. The summed E-state index contributed by atoms with van der Waals surface area (Å²) in [5, 5.41) is 1.26. The van der Waals surface area contributed by atoms with E-state index in [1.165, 1.54) is 11.3 Å². The van der Waals surface area contributed by atoms with Gasteiger partial charge in [0.05, 0.1) is 18.2 Å². The van der Waals surface area contributed by atoms with Crippen LogP contribution >= 0.6 is 22.9 Å². The minimum absolute atomic E-state index is 0.280. The summed E-state index contributed by atoms with van der Waals surface area (Å²) in [7, 11) is 0. The number of thiazole rings is 1. The molecule has 3 heterocycles. The second-order valence-corrected chi connectivity index (χ2v) is 5.32. The van der Waals surface area contributed by atoms with E-state index in [0.717, 1.165) is 34.3 Å². The first-order chi connectivity index (χ1) is 8.24. The van der Waals surface area contributed by atoms with Crippen LogP contribution in [0.2, 0.25) is 5.28 Å². The van der Waals surface area contributed by atoms with Crippen molar-refractivity contribution in [2.24, 2.45) is 0 Å². The van der Waals surface area contributed by atoms with Gasteiger partial charge in [0.1, 0.15) is 5.52 Å². The van der Waals surface area contributed by atoms with Gasteiger partial charge in [-0.3, -0.25) is 0 Å². The average molecular weight is 271 g/mol. The number of aromatic nitrogens is 3. The molecule has 1 fully saturated rings. The molecule has 0 aromatic carbocycles. The summed E-state index contributed by atoms with van der Waals surface area (Å²) in [6, 6.07) is 0. The highest BCUT2D eigenvalue weighted by molar-refractivity contribution is 7.18. The highest BCUT2D eigenvalue weighted by Gasteiger charge is 2.19. The molecule has 7 heteroatoms. The molecule has 17 heavy (non-hydrogen) atoms. The van der Waals surface area contributed by atoms with Gasteiger partial charge in [-0.2, -0.15) is 4.98 Å². The quantitative estimate of drug-likeness (QED) is 0.741. The molecule has 2 aromatic rings. The molecule has 1 saturated heterocycles. The predicted molar refractivity (Wildman–Crippen MR) is 68.0 cm³/mol. The lowest BCUT2D eigenvalue weighted by Gasteiger charge is -2.27. The van der Waals surface area contributed by atoms with E-state index in [0.29, 0.717) is 13.2 Å². The lowest BCUT2D eigenvalue weighted by atomic mass is 10.4. The molecule has 0 unspecified atom stereocenters. The maximum atomic E-state index is 5.95. The number of anilines is 1. The largest absolute Gasteiger partial charge is 0.378 e. The summed E-state index contributed by atoms with van der Waals surface area (Å²) in [6.45, 7) is 5.03. The van der Waals surface area contributed by atoms with Crippen molar-refractivity contribution in [3.8, 4) is 0 Å². The second kappa shape index (κ2) is 4.36. The van der Waals surface area contributed by atoms with Crippen molar-refractivity contribution in [1.82, 2.24) is 15.0 Å². The molecule has 0 atom stereocenters. The Balaban J connectivity index is 2.12. The molecule has 2 aromatic heterocycles. The molecule has 1 aliphatic heterocycles. The first kappa shape index (κ1) is 11.1. The number of halogens is 1. The van der Waals surface area contributed by atoms with Crippen molar-refractivity contribution < 1.29 is 4.74 Å². The molecule has 0 radical (unpaired) electrons. The fourth-order valence-electron chi connectivity index (χ4n) is 1.88. The summed E-state index contributed by atoms with van der Waals surface area (Å²) >= 11 is 7.49. The van der Waals surface area contributed by atoms with Gasteiger partial charge in [-0.15, -0.1) is 0 Å². The van der Waals surface area contributed by atoms with Crippen LogP contribution in [-0.4, -0.2) is 41.3 Å². The van der Waals surface area contributed by atoms with E-state index in [9.17, 15) is 0 Å². The van der Waals surface area contributed by atoms with Crippen LogP contribution in [0.5, 0.6) is 0 Å². The maximum Gasteiger partial charge on any atom is 0.225 e. The molecule has 0 N–H and O–H groups in total. The molecular weight excluding hydrogens is 260 g/mol. The van der Waals surface area contributed by atoms with Crippen LogP contribution in [0.1, 0.15) is 5.01 Å². The number of nitrogens with zero attached hydrogens (tertiary/aromatic N) is 4. The maximum absolute atomic E-state index is 5.95. The molecule has 1 aliphatic rings. The molecule has 5 nitrogen and oxygen atoms in total. The summed E-state index contributed by atoms with van der Waals surface area (Å²) < 4.78 is 5.33. The fourth-order valence-corrected chi connectivity index (χ4v) is 2.88. The summed E-state index contributed by atoms with van der Waals surface area (Å²) in [5.41, 5.74) is 0.846. The van der Waals surface area contributed by atoms with E-state index in [4.69, 9.17) is 16.3 Å². The van der Waals surface area contributed by atoms with Gasteiger partial charge in [-0.1, -0.05) is 11.3 Å². The van der Waals surface area contributed by atoms with E-state index >= 15 is 0 Å². The van der Waals surface area contributed by atoms with Crippen LogP contribution in [0.3, 0.4) is 0 Å². The molecule has 0 spiro atoms. The molecular formula is C10H11ClN4OS. The van der Waals surface area contributed by atoms with E-state index in [1.54, 1.807) is 0 Å². The Morgan fingerprint density at radius 2 is 2.00 bits per heavy atom. The van der Waals surface area contributed by atoms with E-state index in [2.05, 4.69) is 19.9 Å². The third-order valence-corrected chi connectivity index (χ3v) is 3.66. The van der Waals surface area contributed by atoms with Crippen molar-refractivity contribution >= 4 is 39.1 Å². The zero-order valence-electron chi connectivity index (χ0n) is 9.31. The predicted octanol–water partition coefficient (Wildman–Crippen LogP) is 1.88. The molecule has 0 bridgehead atoms. The highest BCUT2D eigenvalue weighted by atomic mass is 35.5. The number of aryl methyl sites for hydroxylation is 1. The lowest BCUT2D eigenvalue weighted by Crippen LogP contribution is -2.37. The number of rotatable bonds is 1. The lowest BCUT2D eigenvalue weighted by molar-refractivity contribution is 0.122. The molecule has 0 amide bonds. The number of ether oxygens (including phenoxy) is 1. The van der Waals surface area contributed by atoms with Gasteiger partial charge in [-0.05, 0) is 18.5 Å². The first-order valence-electron chi connectivity index (χ1n) is 5.37. The van der Waals surface area contributed by atoms with Crippen molar-refractivity contribution in [2.45, 2.75) is 6.92 Å². The van der Waals surface area contributed by atoms with Crippen LogP contribution in [0, 0.1) is 6.92 Å². The zero-order chi connectivity index (χ0) is 11.8. The van der Waals surface area contributed by atoms with Crippen molar-refractivity contribution in [1.29, 1.82) is 0 Å². The molecule has 3 rings (SSSR count). The van der Waals surface area contributed by atoms with E-state index in [1.807, 2.05) is 6.92 Å². The van der Waals surface area contributed by atoms with Gasteiger partial charge >= 0.3 is 0 Å². The van der Waals surface area contributed by atoms with E-state index in [-0.39, 0.29) is 5.28 Å². The Kier molecular flexibility index (Phi) is 2.85. The summed E-state index contributed by atoms with van der Waals surface area (Å²) in [4.78, 5) is 16.0. The first-order valence-corrected chi connectivity index (χ1v) is 6.57. The zero-order valence-corrected chi connectivity index (χ0v) is 10.9. The third-order valence-electron chi connectivity index (χ3n) is 2.63. The number of fused-ring (bicyclic) bond motifs is 1. The number of hydrogen-bond acceptors (Lipinski definition) is 6. The molecule has 90 valence electrons. The smallest absolute Gasteiger partial charge is 0.225 e. The van der Waals surface area contributed by atoms with Crippen LogP contribution in [-0.2, 0) is 4.74 Å². The second-order valence-electron chi connectivity index (χ2n) is 3.80. The standard InChI is InChI=1S/C10H11ClN4OS/c1-6-12-7-8(15-2-4-16-5-3-15)13-10(11)14-9(7)17-6/h2-5H2,1H3. The van der Waals surface area contributed by atoms with Gasteiger partial charge in [0, 0.05) is 13.1 Å². The minimum Gasteiger partial charge on any atom is -0.378 e. The summed E-state index contributed by atoms with van der Waals surface area (Å²) in [5.74, 6) is 0.827. The Morgan fingerprint density at radius 1 is 1.24 bits per heavy atom. The average Bonchev–Trinajstić information content (AvgIpc) is 2.69. The third kappa shape index (κ3) is 2.08. The minimum atomic E-state index is 0.280. The topological polar surface area (TPSA) is 51.1 Å². The van der Waals surface area contributed by atoms with Crippen LogP contribution < -0.4 is 4.90 Å². The Morgan fingerprint density at radius 3 is 2.76 bits per heavy atom. The monoisotopic (exact) mass is 270 g/mol. The van der Waals surface area contributed by atoms with Gasteiger partial charge in [0.2, 0.25) is 5.28 Å². The van der Waals surface area contributed by atoms with Crippen LogP contribution in [0.25, 0.3) is 10.3 Å². The van der Waals surface area contributed by atoms with Crippen LogP contribution in [0.15, 0.2) is 0 Å². The number of morpholine rings is 1.